The third kappa shape index (κ3) is 2.65. The Morgan fingerprint density at radius 2 is 2.31 bits per heavy atom. The Morgan fingerprint density at radius 3 is 3.06 bits per heavy atom. The highest BCUT2D eigenvalue weighted by molar-refractivity contribution is 7.99. The van der Waals surface area contributed by atoms with E-state index in [-0.39, 0.29) is 0 Å². The van der Waals surface area contributed by atoms with Crippen LogP contribution < -0.4 is 0 Å². The van der Waals surface area contributed by atoms with E-state index < -0.39 is 0 Å². The number of halogens is 1. The lowest BCUT2D eigenvalue weighted by atomic mass is 10.2. The quantitative estimate of drug-likeness (QED) is 0.615. The van der Waals surface area contributed by atoms with Crippen molar-refractivity contribution >= 4 is 23.4 Å². The highest BCUT2D eigenvalue weighted by Crippen LogP contribution is 2.24. The maximum Gasteiger partial charge on any atom is 0.277 e. The van der Waals surface area contributed by atoms with Crippen molar-refractivity contribution in [2.24, 2.45) is 0 Å². The Hall–Kier alpha value is -1.26. The second kappa shape index (κ2) is 5.18. The van der Waals surface area contributed by atoms with Gasteiger partial charge in [-0.15, -0.1) is 16.8 Å². The minimum atomic E-state index is 0.481. The SMILES string of the molecule is C=CCSc1nnc(-c2cccc(Cl)c2)o1. The molecule has 0 atom stereocenters. The molecular weight excluding hydrogens is 244 g/mol. The molecule has 1 aromatic heterocycles. The van der Waals surface area contributed by atoms with Gasteiger partial charge in [-0.3, -0.25) is 0 Å². The van der Waals surface area contributed by atoms with Gasteiger partial charge >= 0.3 is 0 Å². The molecule has 0 saturated carbocycles. The van der Waals surface area contributed by atoms with Gasteiger partial charge < -0.3 is 4.42 Å². The summed E-state index contributed by atoms with van der Waals surface area (Å²) < 4.78 is 5.46. The minimum Gasteiger partial charge on any atom is -0.411 e. The summed E-state index contributed by atoms with van der Waals surface area (Å²) in [5, 5.41) is 9.05. The molecule has 0 aliphatic heterocycles. The molecule has 3 nitrogen and oxygen atoms in total. The first kappa shape index (κ1) is 11.2. The Balaban J connectivity index is 2.21. The predicted molar refractivity (Wildman–Crippen MR) is 65.7 cm³/mol. The first-order chi connectivity index (χ1) is 7.79. The van der Waals surface area contributed by atoms with E-state index in [0.29, 0.717) is 16.1 Å². The molecule has 0 amide bonds. The zero-order valence-electron chi connectivity index (χ0n) is 8.39. The smallest absolute Gasteiger partial charge is 0.277 e. The fourth-order valence-corrected chi connectivity index (χ4v) is 1.82. The van der Waals surface area contributed by atoms with Crippen molar-refractivity contribution in [1.82, 2.24) is 10.2 Å². The standard InChI is InChI=1S/C11H9ClN2OS/c1-2-6-16-11-14-13-10(15-11)8-4-3-5-9(12)7-8/h2-5,7H,1,6H2. The molecule has 0 bridgehead atoms. The average molecular weight is 253 g/mol. The van der Waals surface area contributed by atoms with E-state index in [1.165, 1.54) is 11.8 Å². The molecule has 5 heteroatoms. The van der Waals surface area contributed by atoms with Crippen LogP contribution in [0.4, 0.5) is 0 Å². The molecule has 16 heavy (non-hydrogen) atoms. The molecule has 0 fully saturated rings. The maximum absolute atomic E-state index is 5.88. The Labute approximate surface area is 103 Å². The van der Waals surface area contributed by atoms with Crippen LogP contribution in [0.3, 0.4) is 0 Å². The third-order valence-corrected chi connectivity index (χ3v) is 2.85. The van der Waals surface area contributed by atoms with Crippen molar-refractivity contribution in [2.45, 2.75) is 5.22 Å². The number of rotatable bonds is 4. The van der Waals surface area contributed by atoms with Gasteiger partial charge in [0.15, 0.2) is 0 Å². The van der Waals surface area contributed by atoms with Gasteiger partial charge in [0.25, 0.3) is 5.22 Å². The van der Waals surface area contributed by atoms with Crippen molar-refractivity contribution < 1.29 is 4.42 Å². The fraction of sp³-hybridized carbons (Fsp3) is 0.0909. The van der Waals surface area contributed by atoms with Crippen molar-refractivity contribution in [1.29, 1.82) is 0 Å². The molecule has 0 aliphatic carbocycles. The highest BCUT2D eigenvalue weighted by atomic mass is 35.5. The Morgan fingerprint density at radius 1 is 1.44 bits per heavy atom. The van der Waals surface area contributed by atoms with Gasteiger partial charge in [0, 0.05) is 16.3 Å². The van der Waals surface area contributed by atoms with Crippen molar-refractivity contribution in [2.75, 3.05) is 5.75 Å². The number of hydrogen-bond acceptors (Lipinski definition) is 4. The minimum absolute atomic E-state index is 0.481. The van der Waals surface area contributed by atoms with E-state index in [1.807, 2.05) is 12.1 Å². The summed E-state index contributed by atoms with van der Waals surface area (Å²) in [6.07, 6.45) is 1.79. The topological polar surface area (TPSA) is 38.9 Å². The van der Waals surface area contributed by atoms with Crippen LogP contribution in [0.1, 0.15) is 0 Å². The Kier molecular flexibility index (Phi) is 3.64. The largest absolute Gasteiger partial charge is 0.411 e. The molecule has 0 saturated heterocycles. The van der Waals surface area contributed by atoms with Crippen LogP contribution in [-0.4, -0.2) is 16.0 Å². The normalized spacial score (nSPS) is 10.3. The van der Waals surface area contributed by atoms with Gasteiger partial charge in [-0.05, 0) is 18.2 Å². The van der Waals surface area contributed by atoms with Gasteiger partial charge in [-0.2, -0.15) is 0 Å². The number of hydrogen-bond donors (Lipinski definition) is 0. The summed E-state index contributed by atoms with van der Waals surface area (Å²) in [5.41, 5.74) is 0.824. The van der Waals surface area contributed by atoms with Crippen LogP contribution in [0.15, 0.2) is 46.6 Å². The predicted octanol–water partition coefficient (Wildman–Crippen LogP) is 3.67. The average Bonchev–Trinajstić information content (AvgIpc) is 2.75. The summed E-state index contributed by atoms with van der Waals surface area (Å²) in [4.78, 5) is 0. The summed E-state index contributed by atoms with van der Waals surface area (Å²) in [5.74, 6) is 1.23. The number of nitrogens with zero attached hydrogens (tertiary/aromatic N) is 2. The zero-order chi connectivity index (χ0) is 11.4. The lowest BCUT2D eigenvalue weighted by Crippen LogP contribution is -1.76. The van der Waals surface area contributed by atoms with E-state index in [2.05, 4.69) is 16.8 Å². The zero-order valence-corrected chi connectivity index (χ0v) is 9.96. The van der Waals surface area contributed by atoms with Gasteiger partial charge in [-0.1, -0.05) is 35.5 Å². The van der Waals surface area contributed by atoms with E-state index in [4.69, 9.17) is 16.0 Å². The van der Waals surface area contributed by atoms with Crippen LogP contribution in [0, 0.1) is 0 Å². The fourth-order valence-electron chi connectivity index (χ4n) is 1.14. The van der Waals surface area contributed by atoms with Crippen LogP contribution in [-0.2, 0) is 0 Å². The second-order valence-electron chi connectivity index (χ2n) is 2.98. The Bertz CT molecular complexity index is 498. The lowest BCUT2D eigenvalue weighted by Gasteiger charge is -1.94. The number of aromatic nitrogens is 2. The van der Waals surface area contributed by atoms with E-state index >= 15 is 0 Å². The van der Waals surface area contributed by atoms with Gasteiger partial charge in [0.2, 0.25) is 5.89 Å². The number of benzene rings is 1. The molecule has 1 aromatic carbocycles. The van der Waals surface area contributed by atoms with E-state index in [1.54, 1.807) is 18.2 Å². The van der Waals surface area contributed by atoms with Crippen molar-refractivity contribution in [3.63, 3.8) is 0 Å². The molecule has 2 aromatic rings. The molecule has 2 rings (SSSR count). The maximum atomic E-state index is 5.88. The van der Waals surface area contributed by atoms with Gasteiger partial charge in [0.1, 0.15) is 0 Å². The first-order valence-electron chi connectivity index (χ1n) is 4.63. The summed E-state index contributed by atoms with van der Waals surface area (Å²) >= 11 is 7.33. The van der Waals surface area contributed by atoms with Gasteiger partial charge in [-0.25, -0.2) is 0 Å². The summed E-state index contributed by atoms with van der Waals surface area (Å²) in [6, 6.07) is 7.31. The molecular formula is C11H9ClN2OS. The van der Waals surface area contributed by atoms with Crippen molar-refractivity contribution in [3.8, 4) is 11.5 Å². The molecule has 0 aliphatic rings. The lowest BCUT2D eigenvalue weighted by molar-refractivity contribution is 0.466. The third-order valence-electron chi connectivity index (χ3n) is 1.80. The molecule has 0 N–H and O–H groups in total. The molecule has 1 heterocycles. The van der Waals surface area contributed by atoms with Crippen LogP contribution in [0.2, 0.25) is 5.02 Å². The molecule has 0 radical (unpaired) electrons. The highest BCUT2D eigenvalue weighted by Gasteiger charge is 2.08. The first-order valence-corrected chi connectivity index (χ1v) is 5.99. The van der Waals surface area contributed by atoms with Crippen LogP contribution in [0.5, 0.6) is 0 Å². The number of thioether (sulfide) groups is 1. The summed E-state index contributed by atoms with van der Waals surface area (Å²) in [6.45, 7) is 3.62. The molecule has 0 spiro atoms. The van der Waals surface area contributed by atoms with E-state index in [0.717, 1.165) is 11.3 Å². The molecule has 0 unspecified atom stereocenters. The van der Waals surface area contributed by atoms with E-state index in [9.17, 15) is 0 Å². The molecule has 82 valence electrons. The van der Waals surface area contributed by atoms with Crippen molar-refractivity contribution in [3.05, 3.63) is 41.9 Å². The van der Waals surface area contributed by atoms with Crippen LogP contribution in [0.25, 0.3) is 11.5 Å². The monoisotopic (exact) mass is 252 g/mol. The summed E-state index contributed by atoms with van der Waals surface area (Å²) in [7, 11) is 0. The van der Waals surface area contributed by atoms with Crippen LogP contribution >= 0.6 is 23.4 Å². The second-order valence-corrected chi connectivity index (χ2v) is 4.39. The van der Waals surface area contributed by atoms with Gasteiger partial charge in [0.05, 0.1) is 0 Å².